The lowest BCUT2D eigenvalue weighted by Crippen LogP contribution is -2.46. The topological polar surface area (TPSA) is 52.0 Å². The number of halogens is 2. The van der Waals surface area contributed by atoms with Gasteiger partial charge in [0.1, 0.15) is 0 Å². The van der Waals surface area contributed by atoms with Crippen LogP contribution in [0.2, 0.25) is 10.0 Å². The monoisotopic (exact) mass is 308 g/mol. The van der Waals surface area contributed by atoms with Gasteiger partial charge in [-0.05, 0) is 41.8 Å². The second-order valence-electron chi connectivity index (χ2n) is 4.93. The lowest BCUT2D eigenvalue weighted by Gasteiger charge is -2.35. The Morgan fingerprint density at radius 2 is 1.40 bits per heavy atom. The number of nitrogens with two attached hydrogens (primary N) is 2. The minimum absolute atomic E-state index is 0.314. The van der Waals surface area contributed by atoms with Crippen LogP contribution in [-0.2, 0) is 5.54 Å². The number of rotatable bonds is 4. The van der Waals surface area contributed by atoms with Crippen LogP contribution in [0.15, 0.2) is 48.5 Å². The van der Waals surface area contributed by atoms with E-state index in [0.29, 0.717) is 10.0 Å². The maximum Gasteiger partial charge on any atom is 0.0602 e. The summed E-state index contributed by atoms with van der Waals surface area (Å²) < 4.78 is 0. The summed E-state index contributed by atoms with van der Waals surface area (Å²) in [7, 11) is 0. The summed E-state index contributed by atoms with van der Waals surface area (Å²) in [4.78, 5) is 0. The molecule has 2 atom stereocenters. The van der Waals surface area contributed by atoms with Crippen molar-refractivity contribution < 1.29 is 0 Å². The molecule has 4 heteroatoms. The Kier molecular flexibility index (Phi) is 4.71. The van der Waals surface area contributed by atoms with Crippen molar-refractivity contribution in [2.24, 2.45) is 11.5 Å². The van der Waals surface area contributed by atoms with Gasteiger partial charge in [0.25, 0.3) is 0 Å². The van der Waals surface area contributed by atoms with Gasteiger partial charge in [0, 0.05) is 10.0 Å². The van der Waals surface area contributed by atoms with Crippen molar-refractivity contribution in [1.82, 2.24) is 0 Å². The van der Waals surface area contributed by atoms with Gasteiger partial charge in [-0.1, -0.05) is 54.4 Å². The molecular formula is C16H18Cl2N2. The molecule has 0 radical (unpaired) electrons. The number of hydrogen-bond donors (Lipinski definition) is 2. The van der Waals surface area contributed by atoms with Gasteiger partial charge in [-0.2, -0.15) is 0 Å². The highest BCUT2D eigenvalue weighted by molar-refractivity contribution is 6.30. The molecule has 2 rings (SSSR count). The first-order valence-corrected chi connectivity index (χ1v) is 7.29. The van der Waals surface area contributed by atoms with Crippen LogP contribution < -0.4 is 11.5 Å². The summed E-state index contributed by atoms with van der Waals surface area (Å²) in [6.45, 7) is 2.03. The maximum absolute atomic E-state index is 6.58. The molecule has 0 aliphatic heterocycles. The van der Waals surface area contributed by atoms with Gasteiger partial charge in [0.2, 0.25) is 0 Å². The zero-order valence-electron chi connectivity index (χ0n) is 11.3. The molecule has 0 fully saturated rings. The van der Waals surface area contributed by atoms with E-state index in [-0.39, 0.29) is 6.04 Å². The van der Waals surface area contributed by atoms with Crippen molar-refractivity contribution in [1.29, 1.82) is 0 Å². The molecule has 0 saturated carbocycles. The summed E-state index contributed by atoms with van der Waals surface area (Å²) in [6, 6.07) is 14.7. The highest BCUT2D eigenvalue weighted by Gasteiger charge is 2.33. The van der Waals surface area contributed by atoms with Gasteiger partial charge in [-0.3, -0.25) is 0 Å². The predicted octanol–water partition coefficient (Wildman–Crippen LogP) is 4.26. The molecule has 0 aliphatic rings. The van der Waals surface area contributed by atoms with E-state index in [1.807, 2.05) is 55.5 Å². The van der Waals surface area contributed by atoms with E-state index in [0.717, 1.165) is 17.5 Å². The van der Waals surface area contributed by atoms with Crippen LogP contribution in [0.5, 0.6) is 0 Å². The first-order chi connectivity index (χ1) is 9.47. The summed E-state index contributed by atoms with van der Waals surface area (Å²) in [5, 5.41) is 1.37. The Morgan fingerprint density at radius 1 is 0.950 bits per heavy atom. The van der Waals surface area contributed by atoms with Crippen molar-refractivity contribution in [2.75, 3.05) is 0 Å². The van der Waals surface area contributed by atoms with E-state index in [4.69, 9.17) is 34.7 Å². The fourth-order valence-electron chi connectivity index (χ4n) is 2.33. The molecule has 20 heavy (non-hydrogen) atoms. The van der Waals surface area contributed by atoms with Crippen LogP contribution in [0.25, 0.3) is 0 Å². The summed E-state index contributed by atoms with van der Waals surface area (Å²) in [6.07, 6.45) is 0.721. The van der Waals surface area contributed by atoms with E-state index < -0.39 is 5.54 Å². The first kappa shape index (κ1) is 15.3. The van der Waals surface area contributed by atoms with Gasteiger partial charge < -0.3 is 11.5 Å². The smallest absolute Gasteiger partial charge is 0.0602 e. The molecule has 0 unspecified atom stereocenters. The fourth-order valence-corrected chi connectivity index (χ4v) is 2.58. The molecule has 0 heterocycles. The minimum Gasteiger partial charge on any atom is -0.322 e. The van der Waals surface area contributed by atoms with Crippen molar-refractivity contribution in [3.63, 3.8) is 0 Å². The first-order valence-electron chi connectivity index (χ1n) is 6.53. The van der Waals surface area contributed by atoms with Crippen molar-refractivity contribution in [3.8, 4) is 0 Å². The lowest BCUT2D eigenvalue weighted by molar-refractivity contribution is 0.347. The normalized spacial score (nSPS) is 15.7. The molecule has 0 saturated heterocycles. The van der Waals surface area contributed by atoms with E-state index in [1.165, 1.54) is 0 Å². The van der Waals surface area contributed by atoms with Gasteiger partial charge in [-0.25, -0.2) is 0 Å². The zero-order chi connectivity index (χ0) is 14.8. The molecule has 0 bridgehead atoms. The number of benzene rings is 2. The lowest BCUT2D eigenvalue weighted by atomic mass is 9.79. The van der Waals surface area contributed by atoms with E-state index >= 15 is 0 Å². The van der Waals surface area contributed by atoms with Gasteiger partial charge in [0.15, 0.2) is 0 Å². The Balaban J connectivity index is 2.39. The van der Waals surface area contributed by atoms with Crippen LogP contribution in [0, 0.1) is 0 Å². The van der Waals surface area contributed by atoms with Crippen molar-refractivity contribution >= 4 is 23.2 Å². The molecule has 0 amide bonds. The van der Waals surface area contributed by atoms with Crippen LogP contribution in [-0.4, -0.2) is 0 Å². The van der Waals surface area contributed by atoms with Crippen LogP contribution in [0.1, 0.15) is 30.5 Å². The zero-order valence-corrected chi connectivity index (χ0v) is 12.8. The average molecular weight is 309 g/mol. The molecule has 2 aromatic rings. The van der Waals surface area contributed by atoms with E-state index in [2.05, 4.69) is 0 Å². The number of hydrogen-bond acceptors (Lipinski definition) is 2. The van der Waals surface area contributed by atoms with Crippen LogP contribution in [0.3, 0.4) is 0 Å². The quantitative estimate of drug-likeness (QED) is 0.886. The Labute approximate surface area is 129 Å². The van der Waals surface area contributed by atoms with E-state index in [9.17, 15) is 0 Å². The third kappa shape index (κ3) is 2.99. The SMILES string of the molecule is CC[C@](N)(c1ccc(Cl)cc1)[C@H](N)c1ccc(Cl)cc1. The minimum atomic E-state index is -0.640. The second-order valence-corrected chi connectivity index (χ2v) is 5.80. The van der Waals surface area contributed by atoms with Crippen LogP contribution in [0.4, 0.5) is 0 Å². The third-order valence-electron chi connectivity index (χ3n) is 3.75. The molecular weight excluding hydrogens is 291 g/mol. The Morgan fingerprint density at radius 3 is 1.85 bits per heavy atom. The summed E-state index contributed by atoms with van der Waals surface area (Å²) in [5.41, 5.74) is 14.3. The van der Waals surface area contributed by atoms with Crippen molar-refractivity contribution in [3.05, 3.63) is 69.7 Å². The maximum atomic E-state index is 6.58. The Bertz CT molecular complexity index is 566. The molecule has 2 nitrogen and oxygen atoms in total. The molecule has 0 spiro atoms. The van der Waals surface area contributed by atoms with Gasteiger partial charge >= 0.3 is 0 Å². The Hall–Kier alpha value is -1.06. The average Bonchev–Trinajstić information content (AvgIpc) is 2.47. The third-order valence-corrected chi connectivity index (χ3v) is 4.25. The van der Waals surface area contributed by atoms with Crippen molar-refractivity contribution in [2.45, 2.75) is 24.9 Å². The van der Waals surface area contributed by atoms with Crippen LogP contribution >= 0.6 is 23.2 Å². The molecule has 106 valence electrons. The van der Waals surface area contributed by atoms with Gasteiger partial charge in [0.05, 0.1) is 11.6 Å². The predicted molar refractivity (Wildman–Crippen MR) is 86.0 cm³/mol. The molecule has 0 aliphatic carbocycles. The largest absolute Gasteiger partial charge is 0.322 e. The molecule has 4 N–H and O–H groups in total. The second kappa shape index (κ2) is 6.15. The van der Waals surface area contributed by atoms with E-state index in [1.54, 1.807) is 0 Å². The fraction of sp³-hybridized carbons (Fsp3) is 0.250. The summed E-state index contributed by atoms with van der Waals surface area (Å²) in [5.74, 6) is 0. The summed E-state index contributed by atoms with van der Waals surface area (Å²) >= 11 is 11.8. The van der Waals surface area contributed by atoms with Gasteiger partial charge in [-0.15, -0.1) is 0 Å². The standard InChI is InChI=1S/C16H18Cl2N2/c1-2-16(20,12-5-9-14(18)10-6-12)15(19)11-3-7-13(17)8-4-11/h3-10,15H,2,19-20H2,1H3/t15-,16+/m1/s1. The highest BCUT2D eigenvalue weighted by Crippen LogP contribution is 2.34. The molecule has 2 aromatic carbocycles. The highest BCUT2D eigenvalue weighted by atomic mass is 35.5. The molecule has 0 aromatic heterocycles.